The molecule has 34 heavy (non-hydrogen) atoms. The van der Waals surface area contributed by atoms with Gasteiger partial charge in [0.15, 0.2) is 0 Å². The number of hydrogen-bond donors (Lipinski definition) is 1. The highest BCUT2D eigenvalue weighted by Crippen LogP contribution is 2.33. The Kier molecular flexibility index (Phi) is 7.30. The Balaban J connectivity index is 1.24. The first-order valence-corrected chi connectivity index (χ1v) is 11.8. The summed E-state index contributed by atoms with van der Waals surface area (Å²) in [6.45, 7) is 0.285. The van der Waals surface area contributed by atoms with Crippen LogP contribution >= 0.6 is 0 Å². The van der Waals surface area contributed by atoms with Gasteiger partial charge in [0.1, 0.15) is 5.58 Å². The van der Waals surface area contributed by atoms with Crippen molar-refractivity contribution in [3.63, 3.8) is 0 Å². The Morgan fingerprint density at radius 3 is 2.74 bits per heavy atom. The van der Waals surface area contributed by atoms with Crippen LogP contribution in [0.3, 0.4) is 0 Å². The van der Waals surface area contributed by atoms with Gasteiger partial charge in [0.25, 0.3) is 5.92 Å². The quantitative estimate of drug-likeness (QED) is 0.383. The number of halogens is 2. The number of unbranched alkanes of at least 4 members (excludes halogenated alkanes) is 3. The van der Waals surface area contributed by atoms with Crippen molar-refractivity contribution in [2.45, 2.75) is 69.6 Å². The van der Waals surface area contributed by atoms with Gasteiger partial charge >= 0.3 is 0 Å². The zero-order valence-corrected chi connectivity index (χ0v) is 19.0. The summed E-state index contributed by atoms with van der Waals surface area (Å²) in [5.74, 6) is 2.66. The van der Waals surface area contributed by atoms with Crippen molar-refractivity contribution in [2.24, 2.45) is 0 Å². The van der Waals surface area contributed by atoms with Crippen molar-refractivity contribution in [1.29, 1.82) is 0 Å². The minimum absolute atomic E-state index is 0.0400. The van der Waals surface area contributed by atoms with E-state index >= 15 is 0 Å². The van der Waals surface area contributed by atoms with E-state index in [0.29, 0.717) is 31.3 Å². The molecule has 3 amide bonds. The lowest BCUT2D eigenvalue weighted by atomic mass is 9.90. The van der Waals surface area contributed by atoms with Crippen LogP contribution < -0.4 is 5.32 Å². The highest BCUT2D eigenvalue weighted by atomic mass is 19.3. The predicted octanol–water partition coefficient (Wildman–Crippen LogP) is 4.51. The average Bonchev–Trinajstić information content (AvgIpc) is 3.21. The Bertz CT molecular complexity index is 1130. The fourth-order valence-electron chi connectivity index (χ4n) is 4.46. The highest BCUT2D eigenvalue weighted by Gasteiger charge is 2.35. The molecular weight excluding hydrogens is 442 g/mol. The Morgan fingerprint density at radius 2 is 1.97 bits per heavy atom. The molecule has 1 N–H and O–H groups in total. The number of fused-ring (bicyclic) bond motifs is 1. The normalized spacial score (nSPS) is 20.1. The number of alkyl halides is 2. The van der Waals surface area contributed by atoms with Crippen LogP contribution in [0.1, 0.15) is 74.8 Å². The molecule has 180 valence electrons. The molecular formula is C26H28F2N2O4. The number of amides is 3. The number of nitrogens with zero attached hydrogens (tertiary/aromatic N) is 1. The van der Waals surface area contributed by atoms with Crippen LogP contribution in [0.25, 0.3) is 11.0 Å². The van der Waals surface area contributed by atoms with E-state index in [1.54, 1.807) is 11.2 Å². The first-order valence-electron chi connectivity index (χ1n) is 11.8. The third-order valence-electron chi connectivity index (χ3n) is 6.49. The lowest BCUT2D eigenvalue weighted by molar-refractivity contribution is -0.137. The van der Waals surface area contributed by atoms with E-state index in [0.717, 1.165) is 35.8 Å². The number of furan rings is 1. The second-order valence-electron chi connectivity index (χ2n) is 9.00. The lowest BCUT2D eigenvalue weighted by Gasteiger charge is -2.31. The zero-order chi connectivity index (χ0) is 24.1. The van der Waals surface area contributed by atoms with Crippen molar-refractivity contribution >= 4 is 28.7 Å². The smallest absolute Gasteiger partial charge is 0.251 e. The van der Waals surface area contributed by atoms with Crippen LogP contribution in [0.4, 0.5) is 8.78 Å². The van der Waals surface area contributed by atoms with Crippen molar-refractivity contribution < 1.29 is 27.6 Å². The van der Waals surface area contributed by atoms with Gasteiger partial charge in [0, 0.05) is 61.7 Å². The molecule has 6 nitrogen and oxygen atoms in total. The lowest BCUT2D eigenvalue weighted by Crippen LogP contribution is -2.42. The summed E-state index contributed by atoms with van der Waals surface area (Å²) in [5.41, 5.74) is 2.26. The molecule has 2 fully saturated rings. The van der Waals surface area contributed by atoms with E-state index in [1.807, 2.05) is 18.2 Å². The molecule has 2 aromatic rings. The van der Waals surface area contributed by atoms with Crippen LogP contribution in [-0.4, -0.2) is 41.6 Å². The minimum Gasteiger partial charge on any atom is -0.464 e. The molecule has 2 aliphatic heterocycles. The summed E-state index contributed by atoms with van der Waals surface area (Å²) in [4.78, 5) is 37.4. The first-order chi connectivity index (χ1) is 16.3. The fraction of sp³-hybridized carbons (Fsp3) is 0.500. The number of likely N-dealkylation sites (tertiary alicyclic amines) is 1. The van der Waals surface area contributed by atoms with Gasteiger partial charge in [-0.1, -0.05) is 18.3 Å². The number of hydrogen-bond acceptors (Lipinski definition) is 4. The van der Waals surface area contributed by atoms with Crippen molar-refractivity contribution in [2.75, 3.05) is 13.1 Å². The Labute approximate surface area is 197 Å². The highest BCUT2D eigenvalue weighted by molar-refractivity contribution is 6.02. The molecule has 0 bridgehead atoms. The molecule has 3 heterocycles. The van der Waals surface area contributed by atoms with Crippen molar-refractivity contribution in [1.82, 2.24) is 10.2 Å². The molecule has 4 rings (SSSR count). The summed E-state index contributed by atoms with van der Waals surface area (Å²) in [5, 5.41) is 3.21. The Hall–Kier alpha value is -3.21. The molecule has 2 aliphatic rings. The van der Waals surface area contributed by atoms with E-state index in [-0.39, 0.29) is 43.7 Å². The molecule has 0 spiro atoms. The summed E-state index contributed by atoms with van der Waals surface area (Å²) in [7, 11) is 0. The number of benzene rings is 1. The summed E-state index contributed by atoms with van der Waals surface area (Å²) < 4.78 is 32.0. The van der Waals surface area contributed by atoms with Gasteiger partial charge in [0.05, 0.1) is 12.2 Å². The van der Waals surface area contributed by atoms with Crippen LogP contribution in [0.15, 0.2) is 28.9 Å². The Morgan fingerprint density at radius 1 is 1.18 bits per heavy atom. The maximum Gasteiger partial charge on any atom is 0.251 e. The van der Waals surface area contributed by atoms with Crippen LogP contribution in [-0.2, 0) is 14.4 Å². The van der Waals surface area contributed by atoms with Gasteiger partial charge in [-0.25, -0.2) is 8.78 Å². The standard InChI is InChI=1S/C26H28F2N2O4/c27-26(28)12-14-30(15-13-26)24(32)7-5-3-1-2-4-6-18-8-10-22-20(16-18)21(17-34-22)19-9-11-23(31)29-25(19)33/h8,10,16-17,19H,1-3,5,7,9,11-15H2,(H,29,31,33). The van der Waals surface area contributed by atoms with Crippen LogP contribution in [0, 0.1) is 11.8 Å². The third kappa shape index (κ3) is 5.82. The van der Waals surface area contributed by atoms with Gasteiger partial charge in [-0.2, -0.15) is 0 Å². The van der Waals surface area contributed by atoms with E-state index in [2.05, 4.69) is 17.2 Å². The van der Waals surface area contributed by atoms with Gasteiger partial charge < -0.3 is 9.32 Å². The van der Waals surface area contributed by atoms with E-state index in [4.69, 9.17) is 4.42 Å². The van der Waals surface area contributed by atoms with E-state index < -0.39 is 11.8 Å². The predicted molar refractivity (Wildman–Crippen MR) is 122 cm³/mol. The first kappa shape index (κ1) is 23.9. The van der Waals surface area contributed by atoms with Gasteiger partial charge in [-0.05, 0) is 37.5 Å². The van der Waals surface area contributed by atoms with E-state index in [9.17, 15) is 23.2 Å². The number of piperidine rings is 2. The average molecular weight is 471 g/mol. The molecule has 0 radical (unpaired) electrons. The molecule has 1 aromatic carbocycles. The second kappa shape index (κ2) is 10.4. The molecule has 1 unspecified atom stereocenters. The molecule has 0 saturated carbocycles. The maximum atomic E-state index is 13.2. The molecule has 2 saturated heterocycles. The van der Waals surface area contributed by atoms with Crippen molar-refractivity contribution in [3.05, 3.63) is 35.6 Å². The minimum atomic E-state index is -2.63. The number of imide groups is 1. The van der Waals surface area contributed by atoms with Crippen LogP contribution in [0.2, 0.25) is 0 Å². The molecule has 8 heteroatoms. The van der Waals surface area contributed by atoms with Crippen LogP contribution in [0.5, 0.6) is 0 Å². The second-order valence-corrected chi connectivity index (χ2v) is 9.00. The monoisotopic (exact) mass is 470 g/mol. The van der Waals surface area contributed by atoms with Gasteiger partial charge in [-0.15, -0.1) is 0 Å². The number of rotatable bonds is 6. The van der Waals surface area contributed by atoms with E-state index in [1.165, 1.54) is 0 Å². The zero-order valence-electron chi connectivity index (χ0n) is 19.0. The summed E-state index contributed by atoms with van der Waals surface area (Å²) in [6, 6.07) is 5.61. The topological polar surface area (TPSA) is 79.6 Å². The SMILES string of the molecule is O=C1CCC(c2coc3ccc(C#CCCCCCC(=O)N4CCC(F)(F)CC4)cc23)C(=O)N1. The van der Waals surface area contributed by atoms with Crippen molar-refractivity contribution in [3.8, 4) is 11.8 Å². The molecule has 1 aromatic heterocycles. The summed E-state index contributed by atoms with van der Waals surface area (Å²) >= 11 is 0. The van der Waals surface area contributed by atoms with Gasteiger partial charge in [0.2, 0.25) is 17.7 Å². The largest absolute Gasteiger partial charge is 0.464 e. The summed E-state index contributed by atoms with van der Waals surface area (Å²) in [6.07, 6.45) is 5.37. The molecule has 1 atom stereocenters. The number of carbonyl (C=O) groups is 3. The molecule has 0 aliphatic carbocycles. The number of carbonyl (C=O) groups excluding carboxylic acids is 3. The van der Waals surface area contributed by atoms with Gasteiger partial charge in [-0.3, -0.25) is 19.7 Å². The third-order valence-corrected chi connectivity index (χ3v) is 6.49. The fourth-order valence-corrected chi connectivity index (χ4v) is 4.46. The maximum absolute atomic E-state index is 13.2. The number of nitrogens with one attached hydrogen (secondary N) is 1.